The fourth-order valence-electron chi connectivity index (χ4n) is 2.52. The van der Waals surface area contributed by atoms with E-state index in [1.807, 2.05) is 0 Å². The van der Waals surface area contributed by atoms with Crippen LogP contribution in [-0.2, 0) is 21.7 Å². The van der Waals surface area contributed by atoms with E-state index < -0.39 is 0 Å². The maximum absolute atomic E-state index is 3.65. The van der Waals surface area contributed by atoms with Gasteiger partial charge in [0.15, 0.2) is 0 Å². The van der Waals surface area contributed by atoms with E-state index >= 15 is 0 Å². The SMILES string of the molecule is Cc1ccc(C)[c-]1C1=CC=CCC1=[NH+]C(C)(C)C.[Cl-].[Cl-].[Cl-].[Cl-].[Ti]. The first kappa shape index (κ1) is 31.2. The Kier molecular flexibility index (Phi) is 17.2. The fourth-order valence-corrected chi connectivity index (χ4v) is 2.52. The van der Waals surface area contributed by atoms with Gasteiger partial charge in [-0.25, -0.2) is 0 Å². The van der Waals surface area contributed by atoms with Crippen LogP contribution in [0.25, 0.3) is 5.57 Å². The average Bonchev–Trinajstić information content (AvgIpc) is 2.58. The molecule has 2 rings (SSSR count). The van der Waals surface area contributed by atoms with Crippen LogP contribution in [0, 0.1) is 13.8 Å². The molecule has 1 aromatic rings. The monoisotopic (exact) mass is 429 g/mol. The summed E-state index contributed by atoms with van der Waals surface area (Å²) in [5, 5.41) is 0. The van der Waals surface area contributed by atoms with E-state index in [2.05, 4.69) is 70.0 Å². The number of hydrogen-bond donors (Lipinski definition) is 1. The van der Waals surface area contributed by atoms with Crippen LogP contribution in [0.5, 0.6) is 0 Å². The van der Waals surface area contributed by atoms with Crippen molar-refractivity contribution in [3.05, 3.63) is 47.1 Å². The Hall–Kier alpha value is 0.374. The fraction of sp³-hybridized carbons (Fsp3) is 0.412. The Morgan fingerprint density at radius 2 is 1.43 bits per heavy atom. The number of nitrogens with one attached hydrogen (secondary N) is 1. The molecule has 0 aromatic heterocycles. The Morgan fingerprint density at radius 1 is 0.957 bits per heavy atom. The second-order valence-electron chi connectivity index (χ2n) is 6.14. The molecule has 1 N–H and O–H groups in total. The molecule has 0 saturated carbocycles. The minimum absolute atomic E-state index is 0. The first-order valence-corrected chi connectivity index (χ1v) is 6.63. The largest absolute Gasteiger partial charge is 1.00 e. The summed E-state index contributed by atoms with van der Waals surface area (Å²) in [5.74, 6) is 0. The number of hydrogen-bond acceptors (Lipinski definition) is 0. The van der Waals surface area contributed by atoms with Crippen molar-refractivity contribution in [1.29, 1.82) is 0 Å². The third-order valence-electron chi connectivity index (χ3n) is 3.21. The van der Waals surface area contributed by atoms with Gasteiger partial charge in [0.25, 0.3) is 0 Å². The zero-order valence-corrected chi connectivity index (χ0v) is 18.7. The molecule has 0 heterocycles. The Labute approximate surface area is 180 Å². The molecule has 0 atom stereocenters. The van der Waals surface area contributed by atoms with Gasteiger partial charge in [-0.3, -0.25) is 4.99 Å². The van der Waals surface area contributed by atoms with Gasteiger partial charge in [-0.05, 0) is 20.8 Å². The Bertz CT molecular complexity index is 532. The van der Waals surface area contributed by atoms with Gasteiger partial charge in [0, 0.05) is 28.1 Å². The van der Waals surface area contributed by atoms with E-state index in [4.69, 9.17) is 0 Å². The van der Waals surface area contributed by atoms with Gasteiger partial charge in [0.1, 0.15) is 11.3 Å². The van der Waals surface area contributed by atoms with Crippen molar-refractivity contribution in [2.75, 3.05) is 0 Å². The van der Waals surface area contributed by atoms with Crippen LogP contribution in [0.15, 0.2) is 30.4 Å². The molecule has 0 spiro atoms. The summed E-state index contributed by atoms with van der Waals surface area (Å²) in [7, 11) is 0. The molecular formula is C17H23Cl4NTi-4. The predicted octanol–water partition coefficient (Wildman–Crippen LogP) is -9.30. The molecule has 1 aliphatic carbocycles. The summed E-state index contributed by atoms with van der Waals surface area (Å²) in [6, 6.07) is 4.41. The van der Waals surface area contributed by atoms with Crippen LogP contribution in [0.2, 0.25) is 0 Å². The van der Waals surface area contributed by atoms with Gasteiger partial charge in [0.2, 0.25) is 0 Å². The van der Waals surface area contributed by atoms with Crippen molar-refractivity contribution >= 4 is 11.3 Å². The second kappa shape index (κ2) is 12.7. The molecule has 6 heteroatoms. The van der Waals surface area contributed by atoms with Crippen molar-refractivity contribution in [2.45, 2.75) is 46.6 Å². The van der Waals surface area contributed by atoms with Crippen LogP contribution < -0.4 is 54.6 Å². The molecule has 23 heavy (non-hydrogen) atoms. The van der Waals surface area contributed by atoms with Crippen molar-refractivity contribution < 1.29 is 76.3 Å². The smallest absolute Gasteiger partial charge is 0.145 e. The summed E-state index contributed by atoms with van der Waals surface area (Å²) in [5.41, 5.74) is 6.92. The Balaban J connectivity index is -0.000000361. The van der Waals surface area contributed by atoms with Crippen molar-refractivity contribution in [3.63, 3.8) is 0 Å². The average molecular weight is 431 g/mol. The summed E-state index contributed by atoms with van der Waals surface area (Å²) in [6.07, 6.45) is 7.60. The van der Waals surface area contributed by atoms with Crippen LogP contribution in [0.1, 0.15) is 43.9 Å². The minimum Gasteiger partial charge on any atom is -1.00 e. The van der Waals surface area contributed by atoms with Crippen molar-refractivity contribution in [1.82, 2.24) is 0 Å². The molecule has 1 nitrogen and oxygen atoms in total. The molecule has 1 aromatic carbocycles. The third kappa shape index (κ3) is 8.34. The van der Waals surface area contributed by atoms with Crippen molar-refractivity contribution in [3.8, 4) is 0 Å². The number of rotatable bonds is 1. The van der Waals surface area contributed by atoms with Gasteiger partial charge < -0.3 is 49.6 Å². The zero-order chi connectivity index (χ0) is 13.3. The predicted molar refractivity (Wildman–Crippen MR) is 79.0 cm³/mol. The van der Waals surface area contributed by atoms with Crippen LogP contribution in [-0.4, -0.2) is 11.3 Å². The summed E-state index contributed by atoms with van der Waals surface area (Å²) >= 11 is 0. The summed E-state index contributed by atoms with van der Waals surface area (Å²) < 4.78 is 0. The molecule has 0 bridgehead atoms. The maximum atomic E-state index is 3.65. The molecule has 0 amide bonds. The third-order valence-corrected chi connectivity index (χ3v) is 3.21. The Morgan fingerprint density at radius 3 is 1.87 bits per heavy atom. The molecule has 1 aliphatic rings. The quantitative estimate of drug-likeness (QED) is 0.336. The van der Waals surface area contributed by atoms with E-state index in [1.165, 1.54) is 28.0 Å². The number of aryl methyl sites for hydroxylation is 2. The molecule has 132 valence electrons. The minimum atomic E-state index is 0. The molecule has 0 unspecified atom stereocenters. The molecule has 0 saturated heterocycles. The first-order chi connectivity index (χ1) is 8.38. The number of allylic oxidation sites excluding steroid dienone is 4. The van der Waals surface area contributed by atoms with Gasteiger partial charge in [-0.2, -0.15) is 0 Å². The van der Waals surface area contributed by atoms with E-state index in [0.717, 1.165) is 6.42 Å². The van der Waals surface area contributed by atoms with Crippen molar-refractivity contribution in [2.24, 2.45) is 0 Å². The van der Waals surface area contributed by atoms with Crippen LogP contribution in [0.3, 0.4) is 0 Å². The molecule has 0 fully saturated rings. The summed E-state index contributed by atoms with van der Waals surface area (Å²) in [6.45, 7) is 11.0. The molecule has 0 aliphatic heterocycles. The van der Waals surface area contributed by atoms with Crippen LogP contribution >= 0.6 is 0 Å². The van der Waals surface area contributed by atoms with Gasteiger partial charge in [-0.15, -0.1) is 29.3 Å². The standard InChI is InChI=1S/C17H22N.4ClH.Ti/c1-12-10-11-13(2)16(12)14-8-6-7-9-15(14)18-17(3,4)5;;;;;/h6-8,10-11H,9H2,1-5H3;4*1H;/q-1;;;;;/p-3. The zero-order valence-electron chi connectivity index (χ0n) is 14.1. The normalized spacial score (nSPS) is 14.3. The van der Waals surface area contributed by atoms with Crippen LogP contribution in [0.4, 0.5) is 0 Å². The second-order valence-corrected chi connectivity index (χ2v) is 6.14. The van der Waals surface area contributed by atoms with E-state index in [-0.39, 0.29) is 76.9 Å². The van der Waals surface area contributed by atoms with E-state index in [9.17, 15) is 0 Å². The van der Waals surface area contributed by atoms with Gasteiger partial charge >= 0.3 is 0 Å². The van der Waals surface area contributed by atoms with E-state index in [0.29, 0.717) is 0 Å². The maximum Gasteiger partial charge on any atom is 0.145 e. The molecule has 0 radical (unpaired) electrons. The molecular weight excluding hydrogens is 408 g/mol. The number of halogens is 4. The first-order valence-electron chi connectivity index (χ1n) is 6.63. The van der Waals surface area contributed by atoms with Gasteiger partial charge in [0.05, 0.1) is 0 Å². The topological polar surface area (TPSA) is 14.0 Å². The summed E-state index contributed by atoms with van der Waals surface area (Å²) in [4.78, 5) is 3.65. The van der Waals surface area contributed by atoms with E-state index in [1.54, 1.807) is 0 Å². The van der Waals surface area contributed by atoms with Gasteiger partial charge in [-0.1, -0.05) is 37.1 Å².